The number of ether oxygens (including phenoxy) is 1. The van der Waals surface area contributed by atoms with E-state index in [1.54, 1.807) is 0 Å². The summed E-state index contributed by atoms with van der Waals surface area (Å²) in [7, 11) is 0. The van der Waals surface area contributed by atoms with Gasteiger partial charge in [0.05, 0.1) is 0 Å². The molecule has 2 fully saturated rings. The zero-order valence-electron chi connectivity index (χ0n) is 21.6. The second-order valence-electron chi connectivity index (χ2n) is 10.3. The van der Waals surface area contributed by atoms with Crippen LogP contribution in [0.15, 0.2) is 54.6 Å². The van der Waals surface area contributed by atoms with Crippen LogP contribution in [-0.2, 0) is 32.0 Å². The third-order valence-electron chi connectivity index (χ3n) is 7.42. The molecule has 1 heterocycles. The lowest BCUT2D eigenvalue weighted by Gasteiger charge is -2.25. The normalized spacial score (nSPS) is 22.0. The molecule has 3 amide bonds. The average molecular weight is 556 g/mol. The highest BCUT2D eigenvalue weighted by atomic mass is 35.5. The smallest absolute Gasteiger partial charge is 0.408 e. The van der Waals surface area contributed by atoms with Crippen molar-refractivity contribution < 1.29 is 29.0 Å². The zero-order chi connectivity index (χ0) is 27.8. The Labute approximate surface area is 232 Å². The molecule has 10 heteroatoms. The van der Waals surface area contributed by atoms with Gasteiger partial charge in [-0.05, 0) is 61.8 Å². The molecule has 1 saturated carbocycles. The van der Waals surface area contributed by atoms with Crippen molar-refractivity contribution >= 4 is 35.5 Å². The lowest BCUT2D eigenvalue weighted by Crippen LogP contribution is -2.53. The standard InChI is InChI=1S/C29H34ClN3O6/c30-22-10-4-8-19(15-22)14-20-9-5-11-25(20)39-29(38)33-23(16-18-6-2-1-3-7-18)27(35)32-24(28(36)37)17-21-12-13-31-26(21)34/h1-4,6-8,10,15,20-21,23-25H,5,9,11-14,16-17H2,(H,31,34)(H,32,35)(H,33,38)(H,36,37)/t20?,21-,23-,24?,25?/m0/s1. The Morgan fingerprint density at radius 2 is 1.77 bits per heavy atom. The van der Waals surface area contributed by atoms with Crippen LogP contribution in [0.4, 0.5) is 4.79 Å². The minimum Gasteiger partial charge on any atom is -0.480 e. The molecule has 4 rings (SSSR count). The SMILES string of the molecule is O=C(N[C@@H](Cc1ccccc1)C(=O)NC(C[C@@H]1CCNC1=O)C(=O)O)OC1CCCC1Cc1cccc(Cl)c1. The maximum Gasteiger partial charge on any atom is 0.408 e. The molecule has 0 spiro atoms. The van der Waals surface area contributed by atoms with Gasteiger partial charge < -0.3 is 25.8 Å². The third-order valence-corrected chi connectivity index (χ3v) is 7.66. The highest BCUT2D eigenvalue weighted by Gasteiger charge is 2.35. The maximum atomic E-state index is 13.3. The fourth-order valence-corrected chi connectivity index (χ4v) is 5.59. The van der Waals surface area contributed by atoms with E-state index in [2.05, 4.69) is 16.0 Å². The minimum atomic E-state index is -1.26. The number of hydrogen-bond donors (Lipinski definition) is 4. The second kappa shape index (κ2) is 13.5. The number of carbonyl (C=O) groups is 4. The van der Waals surface area contributed by atoms with E-state index >= 15 is 0 Å². The number of halogens is 1. The molecule has 3 unspecified atom stereocenters. The van der Waals surface area contributed by atoms with Gasteiger partial charge in [-0.15, -0.1) is 0 Å². The molecule has 4 N–H and O–H groups in total. The largest absolute Gasteiger partial charge is 0.480 e. The summed E-state index contributed by atoms with van der Waals surface area (Å²) in [4.78, 5) is 50.1. The summed E-state index contributed by atoms with van der Waals surface area (Å²) >= 11 is 6.12. The summed E-state index contributed by atoms with van der Waals surface area (Å²) in [5, 5.41) is 18.2. The number of benzene rings is 2. The number of aliphatic carboxylic acids is 1. The summed E-state index contributed by atoms with van der Waals surface area (Å²) in [6.45, 7) is 0.479. The van der Waals surface area contributed by atoms with Gasteiger partial charge in [-0.1, -0.05) is 54.1 Å². The predicted molar refractivity (Wildman–Crippen MR) is 145 cm³/mol. The number of hydrogen-bond acceptors (Lipinski definition) is 5. The molecule has 0 radical (unpaired) electrons. The summed E-state index contributed by atoms with van der Waals surface area (Å²) in [5.74, 6) is -2.47. The molecule has 2 aromatic rings. The van der Waals surface area contributed by atoms with Crippen molar-refractivity contribution in [1.29, 1.82) is 0 Å². The van der Waals surface area contributed by atoms with Crippen molar-refractivity contribution in [2.75, 3.05) is 6.54 Å². The average Bonchev–Trinajstić information content (AvgIpc) is 3.51. The summed E-state index contributed by atoms with van der Waals surface area (Å²) in [6, 6.07) is 14.4. The molecule has 208 valence electrons. The maximum absolute atomic E-state index is 13.3. The zero-order valence-corrected chi connectivity index (χ0v) is 22.4. The van der Waals surface area contributed by atoms with Crippen molar-refractivity contribution in [3.63, 3.8) is 0 Å². The van der Waals surface area contributed by atoms with Crippen molar-refractivity contribution in [2.45, 2.75) is 63.1 Å². The van der Waals surface area contributed by atoms with E-state index in [1.807, 2.05) is 54.6 Å². The topological polar surface area (TPSA) is 134 Å². The number of carbonyl (C=O) groups excluding carboxylic acids is 3. The molecule has 1 aliphatic carbocycles. The molecule has 5 atom stereocenters. The lowest BCUT2D eigenvalue weighted by molar-refractivity contribution is -0.142. The van der Waals surface area contributed by atoms with Gasteiger partial charge in [0, 0.05) is 29.8 Å². The van der Waals surface area contributed by atoms with Gasteiger partial charge in [-0.3, -0.25) is 9.59 Å². The molecule has 39 heavy (non-hydrogen) atoms. The van der Waals surface area contributed by atoms with Gasteiger partial charge in [-0.25, -0.2) is 9.59 Å². The number of rotatable bonds is 11. The van der Waals surface area contributed by atoms with Gasteiger partial charge in [0.25, 0.3) is 0 Å². The van der Waals surface area contributed by atoms with Crippen molar-refractivity contribution in [3.05, 3.63) is 70.7 Å². The Bertz CT molecular complexity index is 1180. The Hall–Kier alpha value is -3.59. The first-order valence-corrected chi connectivity index (χ1v) is 13.7. The first-order chi connectivity index (χ1) is 18.8. The third kappa shape index (κ3) is 8.20. The first kappa shape index (κ1) is 28.4. The summed E-state index contributed by atoms with van der Waals surface area (Å²) < 4.78 is 5.79. The van der Waals surface area contributed by atoms with Crippen LogP contribution in [0, 0.1) is 11.8 Å². The van der Waals surface area contributed by atoms with E-state index in [4.69, 9.17) is 16.3 Å². The van der Waals surface area contributed by atoms with E-state index < -0.39 is 36.0 Å². The summed E-state index contributed by atoms with van der Waals surface area (Å²) in [5.41, 5.74) is 1.86. The molecular weight excluding hydrogens is 522 g/mol. The first-order valence-electron chi connectivity index (χ1n) is 13.3. The predicted octanol–water partition coefficient (Wildman–Crippen LogP) is 3.48. The number of carboxylic acids is 1. The van der Waals surface area contributed by atoms with Crippen LogP contribution in [0.2, 0.25) is 5.02 Å². The van der Waals surface area contributed by atoms with Crippen molar-refractivity contribution in [1.82, 2.24) is 16.0 Å². The van der Waals surface area contributed by atoms with Crippen molar-refractivity contribution in [2.24, 2.45) is 11.8 Å². The molecule has 1 saturated heterocycles. The fourth-order valence-electron chi connectivity index (χ4n) is 5.38. The van der Waals surface area contributed by atoms with Gasteiger partial charge in [-0.2, -0.15) is 0 Å². The van der Waals surface area contributed by atoms with Crippen molar-refractivity contribution in [3.8, 4) is 0 Å². The monoisotopic (exact) mass is 555 g/mol. The highest BCUT2D eigenvalue weighted by molar-refractivity contribution is 6.30. The summed E-state index contributed by atoms with van der Waals surface area (Å²) in [6.07, 6.45) is 2.87. The Morgan fingerprint density at radius 3 is 2.46 bits per heavy atom. The van der Waals surface area contributed by atoms with Gasteiger partial charge in [0.2, 0.25) is 11.8 Å². The van der Waals surface area contributed by atoms with Crippen LogP contribution in [-0.4, -0.2) is 53.7 Å². The highest BCUT2D eigenvalue weighted by Crippen LogP contribution is 2.32. The Balaban J connectivity index is 1.41. The van der Waals surface area contributed by atoms with E-state index in [0.29, 0.717) is 18.0 Å². The number of amides is 3. The van der Waals surface area contributed by atoms with Gasteiger partial charge in [0.1, 0.15) is 18.2 Å². The molecular formula is C29H34ClN3O6. The van der Waals surface area contributed by atoms with E-state index in [9.17, 15) is 24.3 Å². The van der Waals surface area contributed by atoms with Crippen LogP contribution < -0.4 is 16.0 Å². The number of carboxylic acid groups (broad SMARTS) is 1. The van der Waals surface area contributed by atoms with E-state index in [1.165, 1.54) is 0 Å². The molecule has 1 aliphatic heterocycles. The van der Waals surface area contributed by atoms with Gasteiger partial charge in [0.15, 0.2) is 0 Å². The van der Waals surface area contributed by atoms with E-state index in [0.717, 1.165) is 36.8 Å². The van der Waals surface area contributed by atoms with Crippen LogP contribution >= 0.6 is 11.6 Å². The quantitative estimate of drug-likeness (QED) is 0.335. The minimum absolute atomic E-state index is 0.0251. The number of nitrogens with one attached hydrogen (secondary N) is 3. The lowest BCUT2D eigenvalue weighted by atomic mass is 9.96. The van der Waals surface area contributed by atoms with E-state index in [-0.39, 0.29) is 30.8 Å². The van der Waals surface area contributed by atoms with Crippen LogP contribution in [0.1, 0.15) is 43.2 Å². The number of alkyl carbamates (subject to hydrolysis) is 1. The Kier molecular flexibility index (Phi) is 9.81. The fraction of sp³-hybridized carbons (Fsp3) is 0.448. The molecule has 2 aromatic carbocycles. The molecule has 9 nitrogen and oxygen atoms in total. The molecule has 0 bridgehead atoms. The Morgan fingerprint density at radius 1 is 1.00 bits per heavy atom. The van der Waals surface area contributed by atoms with Crippen LogP contribution in [0.3, 0.4) is 0 Å². The molecule has 0 aromatic heterocycles. The van der Waals surface area contributed by atoms with Crippen LogP contribution in [0.25, 0.3) is 0 Å². The van der Waals surface area contributed by atoms with Crippen LogP contribution in [0.5, 0.6) is 0 Å². The second-order valence-corrected chi connectivity index (χ2v) is 10.7. The van der Waals surface area contributed by atoms with Gasteiger partial charge >= 0.3 is 12.1 Å². The molecule has 2 aliphatic rings.